The van der Waals surface area contributed by atoms with Gasteiger partial charge in [0, 0.05) is 96.0 Å². The summed E-state index contributed by atoms with van der Waals surface area (Å²) in [6.07, 6.45) is 8.55. The molecule has 16 nitrogen and oxygen atoms in total. The molecule has 2 aromatic carbocycles. The van der Waals surface area contributed by atoms with Crippen LogP contribution in [0.4, 0.5) is 11.4 Å². The first kappa shape index (κ1) is 51.6. The van der Waals surface area contributed by atoms with Crippen molar-refractivity contribution >= 4 is 73.5 Å². The summed E-state index contributed by atoms with van der Waals surface area (Å²) in [5, 5.41) is 49.6. The van der Waals surface area contributed by atoms with Crippen LogP contribution in [0.3, 0.4) is 0 Å². The molecule has 17 heteroatoms. The Morgan fingerprint density at radius 1 is 1.01 bits per heavy atom. The molecule has 4 bridgehead atoms. The second-order valence-electron chi connectivity index (χ2n) is 19.0. The number of hydrogen-bond donors (Lipinski definition) is 5. The van der Waals surface area contributed by atoms with Crippen molar-refractivity contribution in [3.05, 3.63) is 69.6 Å². The minimum atomic E-state index is -2.08. The third-order valence-electron chi connectivity index (χ3n) is 14.1. The first-order valence-corrected chi connectivity index (χ1v) is 25.0. The number of amides is 1. The molecule has 0 saturated carbocycles. The Hall–Kier alpha value is -5.24. The van der Waals surface area contributed by atoms with Gasteiger partial charge in [-0.05, 0) is 39.2 Å². The third kappa shape index (κ3) is 10.1. The maximum atomic E-state index is 14.9. The van der Waals surface area contributed by atoms with E-state index >= 15 is 0 Å². The number of nitrogens with one attached hydrogen (secondary N) is 1. The number of allylic oxidation sites excluding steroid dienone is 2. The van der Waals surface area contributed by atoms with Crippen LogP contribution in [0.15, 0.2) is 57.5 Å². The molecule has 0 unspecified atom stereocenters. The number of nitrogens with zero attached hydrogens (tertiary/aromatic N) is 2. The van der Waals surface area contributed by atoms with Gasteiger partial charge in [-0.2, -0.15) is 0 Å². The Bertz CT molecular complexity index is 2740. The molecule has 1 saturated heterocycles. The molecular formula is C52H64IN3O13. The predicted molar refractivity (Wildman–Crippen MR) is 270 cm³/mol. The van der Waals surface area contributed by atoms with Gasteiger partial charge in [0.2, 0.25) is 5.43 Å². The number of aliphatic hydroxyl groups is 2. The summed E-state index contributed by atoms with van der Waals surface area (Å²) in [5.41, 5.74) is -0.562. The Morgan fingerprint density at radius 2 is 1.72 bits per heavy atom. The largest absolute Gasteiger partial charge is 0.507 e. The number of hydrogen-bond acceptors (Lipinski definition) is 15. The van der Waals surface area contributed by atoms with Crippen LogP contribution in [0.1, 0.15) is 103 Å². The van der Waals surface area contributed by atoms with Gasteiger partial charge in [-0.15, -0.1) is 0 Å². The first-order chi connectivity index (χ1) is 32.7. The van der Waals surface area contributed by atoms with Gasteiger partial charge >= 0.3 is 11.8 Å². The number of methoxy groups -OCH3 is 1. The number of carbonyl (C=O) groups is 3. The fraction of sp³-hybridized carbons (Fsp3) is 0.519. The number of phenolic OH excluding ortho intramolecular Hbond substituents is 2. The normalized spacial score (nSPS) is 29.2. The monoisotopic (exact) mass is 1070 g/mol. The van der Waals surface area contributed by atoms with Crippen LogP contribution in [-0.4, -0.2) is 97.4 Å². The van der Waals surface area contributed by atoms with E-state index in [4.69, 9.17) is 28.3 Å². The number of aromatic hydroxyl groups is 2. The van der Waals surface area contributed by atoms with Crippen molar-refractivity contribution in [2.75, 3.05) is 30.4 Å². The first-order valence-electron chi connectivity index (χ1n) is 23.7. The van der Waals surface area contributed by atoms with Gasteiger partial charge in [0.25, 0.3) is 11.7 Å². The van der Waals surface area contributed by atoms with Crippen molar-refractivity contribution in [1.82, 2.24) is 4.98 Å². The van der Waals surface area contributed by atoms with Crippen LogP contribution in [0, 0.1) is 30.6 Å². The molecule has 0 spiro atoms. The van der Waals surface area contributed by atoms with Crippen LogP contribution in [-0.2, 0) is 23.8 Å². The Morgan fingerprint density at radius 3 is 2.39 bits per heavy atom. The maximum absolute atomic E-state index is 14.9. The van der Waals surface area contributed by atoms with Crippen molar-refractivity contribution in [1.29, 1.82) is 0 Å². The van der Waals surface area contributed by atoms with Crippen LogP contribution in [0.2, 0.25) is 0 Å². The molecule has 69 heavy (non-hydrogen) atoms. The van der Waals surface area contributed by atoms with Crippen molar-refractivity contribution in [3.8, 4) is 28.7 Å². The lowest BCUT2D eigenvalue weighted by Gasteiger charge is -2.39. The zero-order valence-electron chi connectivity index (χ0n) is 40.6. The SMILES string of the molecule is CCCCC[C@@H]1[C@@H](O)[C@@H](C)/C=C/C=C(/C)C(=O)Nc2c3oc4cc(N5CCC(I)CC5)cc(O)c4nc-3c3c4c(c(C)c(O)c3c2=O)O[C@](C)(O/C=C/[C@H](OC)[C@@H](C)[C@@H](OC(C)=O)[C@H](C)[C@@H]1O)C4=O. The second-order valence-corrected chi connectivity index (χ2v) is 20.8. The van der Waals surface area contributed by atoms with Crippen molar-refractivity contribution < 1.29 is 58.2 Å². The van der Waals surface area contributed by atoms with Crippen LogP contribution >= 0.6 is 22.6 Å². The van der Waals surface area contributed by atoms with E-state index in [2.05, 4.69) is 39.7 Å². The Kier molecular flexibility index (Phi) is 15.7. The molecule has 5 aliphatic rings. The number of halogens is 1. The topological polar surface area (TPSA) is 227 Å². The number of ether oxygens (including phenoxy) is 4. The summed E-state index contributed by atoms with van der Waals surface area (Å²) < 4.78 is 31.2. The fourth-order valence-corrected chi connectivity index (χ4v) is 10.5. The Labute approximate surface area is 415 Å². The number of ketones is 1. The molecule has 1 amide bonds. The van der Waals surface area contributed by atoms with E-state index < -0.39 is 82.7 Å². The number of alkyl halides is 1. The number of Topliss-reactive ketones (excluding diaryl/α,β-unsaturated/α-hetero) is 1. The van der Waals surface area contributed by atoms with Crippen molar-refractivity contribution in [2.24, 2.45) is 23.7 Å². The molecule has 0 aromatic heterocycles. The summed E-state index contributed by atoms with van der Waals surface area (Å²) in [4.78, 5) is 63.5. The van der Waals surface area contributed by atoms with Gasteiger partial charge in [-0.1, -0.05) is 87.8 Å². The zero-order valence-corrected chi connectivity index (χ0v) is 42.8. The zero-order chi connectivity index (χ0) is 50.2. The number of carbonyl (C=O) groups excluding carboxylic acids is 3. The molecule has 372 valence electrons. The standard InChI is InChI=1S/C52H64IN3O13/c1-10-11-12-16-33-43(59)25(2)14-13-15-26(3)51(64)55-42-46(62)38-37(41-49(42)68-36-24-32(23-34(58)40(36)54-41)56-20-17-31(53)18-21-56)39-48(29(6)45(38)61)69-52(8,50(39)63)66-22-19-35(65-9)27(4)47(67-30(7)57)28(5)44(33)60/h13-15,19,22-25,27-28,31,33,35,43-44,47,58-61H,10-12,16-18,20-21H2,1-9H3,(H,55,64)/b14-13+,22-19+,26-15-/t25-,27+,28+,33+,35-,43-,44-,47+,52-/m0/s1. The predicted octanol–water partition coefficient (Wildman–Crippen LogP) is 8.62. The summed E-state index contributed by atoms with van der Waals surface area (Å²) in [7, 11) is 1.46. The second kappa shape index (κ2) is 21.0. The Balaban J connectivity index is 1.44. The third-order valence-corrected chi connectivity index (χ3v) is 15.4. The lowest BCUT2D eigenvalue weighted by Crippen LogP contribution is -2.47. The van der Waals surface area contributed by atoms with Crippen LogP contribution in [0.5, 0.6) is 17.2 Å². The van der Waals surface area contributed by atoms with E-state index in [0.29, 0.717) is 16.0 Å². The average molecular weight is 1070 g/mol. The summed E-state index contributed by atoms with van der Waals surface area (Å²) in [5.74, 6) is -7.66. The molecular weight excluding hydrogens is 1000 g/mol. The highest BCUT2D eigenvalue weighted by molar-refractivity contribution is 14.1. The quantitative estimate of drug-likeness (QED) is 0.0292. The number of piperidine rings is 1. The number of benzene rings is 3. The van der Waals surface area contributed by atoms with E-state index in [9.17, 15) is 39.6 Å². The van der Waals surface area contributed by atoms with E-state index in [1.54, 1.807) is 45.1 Å². The number of fused-ring (bicyclic) bond motifs is 2. The maximum Gasteiger partial charge on any atom is 0.312 e. The molecule has 0 radical (unpaired) electrons. The number of aliphatic hydroxyl groups excluding tert-OH is 2. The van der Waals surface area contributed by atoms with Gasteiger partial charge in [0.05, 0.1) is 35.5 Å². The highest BCUT2D eigenvalue weighted by Gasteiger charge is 2.50. The van der Waals surface area contributed by atoms with Crippen molar-refractivity contribution in [2.45, 2.75) is 128 Å². The molecule has 4 heterocycles. The number of unbranched alkanes of at least 4 members (excludes halogenated alkanes) is 2. The van der Waals surface area contributed by atoms with Gasteiger partial charge in [-0.25, -0.2) is 4.98 Å². The van der Waals surface area contributed by atoms with E-state index in [0.717, 1.165) is 45.2 Å². The number of anilines is 2. The van der Waals surface area contributed by atoms with E-state index in [1.165, 1.54) is 53.2 Å². The van der Waals surface area contributed by atoms with Crippen LogP contribution in [0.25, 0.3) is 33.3 Å². The molecule has 2 aromatic rings. The summed E-state index contributed by atoms with van der Waals surface area (Å²) in [6, 6.07) is 3.29. The molecule has 1 fully saturated rings. The van der Waals surface area contributed by atoms with E-state index in [1.807, 2.05) is 0 Å². The average Bonchev–Trinajstić information content (AvgIpc) is 3.58. The highest BCUT2D eigenvalue weighted by Crippen LogP contribution is 2.51. The fourth-order valence-electron chi connectivity index (χ4n) is 9.96. The van der Waals surface area contributed by atoms with Gasteiger partial charge in [0.15, 0.2) is 11.3 Å². The number of esters is 1. The van der Waals surface area contributed by atoms with Gasteiger partial charge in [0.1, 0.15) is 40.3 Å². The molecule has 7 rings (SSSR count). The van der Waals surface area contributed by atoms with Gasteiger partial charge < -0.3 is 54.0 Å². The van der Waals surface area contributed by atoms with Crippen LogP contribution < -0.4 is 20.4 Å². The molecule has 4 aliphatic heterocycles. The number of aromatic nitrogens is 1. The lowest BCUT2D eigenvalue weighted by atomic mass is 9.75. The molecule has 9 atom stereocenters. The minimum Gasteiger partial charge on any atom is -0.507 e. The summed E-state index contributed by atoms with van der Waals surface area (Å²) in [6.45, 7) is 14.6. The van der Waals surface area contributed by atoms with Crippen molar-refractivity contribution in [3.63, 3.8) is 0 Å². The highest BCUT2D eigenvalue weighted by atomic mass is 127. The smallest absolute Gasteiger partial charge is 0.312 e. The minimum absolute atomic E-state index is 0.00119. The molecule has 1 aliphatic carbocycles. The van der Waals surface area contributed by atoms with E-state index in [-0.39, 0.29) is 67.2 Å². The lowest BCUT2D eigenvalue weighted by molar-refractivity contribution is -0.161. The molecule has 5 N–H and O–H groups in total. The number of phenols is 2. The summed E-state index contributed by atoms with van der Waals surface area (Å²) >= 11 is 2.43. The van der Waals surface area contributed by atoms with Gasteiger partial charge in [-0.3, -0.25) is 19.2 Å². The number of rotatable bonds is 7.